The van der Waals surface area contributed by atoms with E-state index in [0.717, 1.165) is 43.3 Å². The number of ether oxygens (including phenoxy) is 2. The summed E-state index contributed by atoms with van der Waals surface area (Å²) in [4.78, 5) is 12.1. The Morgan fingerprint density at radius 1 is 0.821 bits per heavy atom. The predicted molar refractivity (Wildman–Crippen MR) is 83.7 cm³/mol. The van der Waals surface area contributed by atoms with Crippen LogP contribution in [-0.4, -0.2) is 19.0 Å². The lowest BCUT2D eigenvalue weighted by Crippen LogP contribution is -2.13. The fourth-order valence-electron chi connectivity index (χ4n) is 2.61. The fourth-order valence-corrected chi connectivity index (χ4v) is 2.61. The first-order valence-electron chi connectivity index (χ1n) is 7.70. The second-order valence-corrected chi connectivity index (χ2v) is 5.63. The summed E-state index contributed by atoms with van der Waals surface area (Å²) >= 11 is 0. The highest BCUT2D eigenvalue weighted by molar-refractivity contribution is 5.87. The summed E-state index contributed by atoms with van der Waals surface area (Å²) < 4.78 is 96.3. The first-order chi connectivity index (χ1) is 13.0. The van der Waals surface area contributed by atoms with Gasteiger partial charge >= 0.3 is 19.4 Å². The van der Waals surface area contributed by atoms with Gasteiger partial charge < -0.3 is 9.47 Å². The SMILES string of the molecule is CC(=O)C(c1ccc(C(F)(F)F)cc1)c1ccc(OC(F)F)c(OC(F)F)c1. The molecule has 0 fully saturated rings. The van der Waals surface area contributed by atoms with Crippen molar-refractivity contribution in [2.24, 2.45) is 0 Å². The first kappa shape index (κ1) is 21.5. The Hall–Kier alpha value is -2.78. The van der Waals surface area contributed by atoms with Crippen LogP contribution in [0, 0.1) is 0 Å². The van der Waals surface area contributed by atoms with Gasteiger partial charge in [-0.1, -0.05) is 18.2 Å². The molecule has 1 unspecified atom stereocenters. The summed E-state index contributed by atoms with van der Waals surface area (Å²) in [5, 5.41) is 0. The fraction of sp³-hybridized carbons (Fsp3) is 0.278. The van der Waals surface area contributed by atoms with E-state index in [2.05, 4.69) is 9.47 Å². The van der Waals surface area contributed by atoms with Crippen LogP contribution in [0.1, 0.15) is 29.5 Å². The van der Waals surface area contributed by atoms with Crippen molar-refractivity contribution in [3.63, 3.8) is 0 Å². The number of hydrogen-bond donors (Lipinski definition) is 0. The summed E-state index contributed by atoms with van der Waals surface area (Å²) in [5.41, 5.74) is -0.712. The molecule has 2 aromatic rings. The number of carbonyl (C=O) groups is 1. The topological polar surface area (TPSA) is 35.5 Å². The van der Waals surface area contributed by atoms with Crippen molar-refractivity contribution in [3.05, 3.63) is 59.2 Å². The highest BCUT2D eigenvalue weighted by Crippen LogP contribution is 2.37. The number of ketones is 1. The number of Topliss-reactive ketones (excluding diaryl/α,β-unsaturated/α-hetero) is 1. The van der Waals surface area contributed by atoms with Crippen LogP contribution in [0.5, 0.6) is 11.5 Å². The Morgan fingerprint density at radius 3 is 1.79 bits per heavy atom. The van der Waals surface area contributed by atoms with E-state index in [1.807, 2.05) is 0 Å². The molecule has 0 radical (unpaired) electrons. The number of alkyl halides is 7. The van der Waals surface area contributed by atoms with Gasteiger partial charge in [0.25, 0.3) is 0 Å². The van der Waals surface area contributed by atoms with Gasteiger partial charge in [0.2, 0.25) is 0 Å². The molecular weight excluding hydrogens is 397 g/mol. The molecule has 0 aromatic heterocycles. The van der Waals surface area contributed by atoms with Crippen molar-refractivity contribution in [3.8, 4) is 11.5 Å². The molecule has 0 heterocycles. The maximum absolute atomic E-state index is 12.7. The van der Waals surface area contributed by atoms with Gasteiger partial charge in [-0.2, -0.15) is 30.7 Å². The van der Waals surface area contributed by atoms with E-state index in [-0.39, 0.29) is 11.1 Å². The van der Waals surface area contributed by atoms with E-state index in [1.54, 1.807) is 0 Å². The first-order valence-corrected chi connectivity index (χ1v) is 7.70. The van der Waals surface area contributed by atoms with Crippen LogP contribution in [0.4, 0.5) is 30.7 Å². The molecule has 28 heavy (non-hydrogen) atoms. The lowest BCUT2D eigenvalue weighted by molar-refractivity contribution is -0.137. The Balaban J connectivity index is 2.46. The third-order valence-corrected chi connectivity index (χ3v) is 3.71. The Labute approximate surface area is 154 Å². The van der Waals surface area contributed by atoms with Crippen molar-refractivity contribution in [1.29, 1.82) is 0 Å². The van der Waals surface area contributed by atoms with Gasteiger partial charge in [0.15, 0.2) is 11.5 Å². The van der Waals surface area contributed by atoms with Crippen LogP contribution in [0.15, 0.2) is 42.5 Å². The lowest BCUT2D eigenvalue weighted by atomic mass is 9.87. The van der Waals surface area contributed by atoms with Crippen LogP contribution >= 0.6 is 0 Å². The molecule has 0 aliphatic heterocycles. The average molecular weight is 410 g/mol. The molecule has 10 heteroatoms. The molecule has 0 bridgehead atoms. The summed E-state index contributed by atoms with van der Waals surface area (Å²) in [6.45, 7) is -5.50. The van der Waals surface area contributed by atoms with Crippen LogP contribution in [0.2, 0.25) is 0 Å². The Morgan fingerprint density at radius 2 is 1.32 bits per heavy atom. The summed E-state index contributed by atoms with van der Waals surface area (Å²) in [7, 11) is 0. The van der Waals surface area contributed by atoms with Gasteiger partial charge in [0.1, 0.15) is 5.78 Å². The highest BCUT2D eigenvalue weighted by atomic mass is 19.4. The molecule has 0 saturated carbocycles. The normalized spacial score (nSPS) is 12.9. The molecule has 1 atom stereocenters. The number of rotatable bonds is 7. The monoisotopic (exact) mass is 410 g/mol. The quantitative estimate of drug-likeness (QED) is 0.555. The molecule has 0 amide bonds. The molecular formula is C18H13F7O3. The minimum absolute atomic E-state index is 0.0597. The largest absolute Gasteiger partial charge is 0.431 e. The third-order valence-electron chi connectivity index (χ3n) is 3.71. The molecule has 152 valence electrons. The van der Waals surface area contributed by atoms with Gasteiger partial charge in [-0.3, -0.25) is 4.79 Å². The molecule has 2 aromatic carbocycles. The smallest absolute Gasteiger partial charge is 0.416 e. The summed E-state index contributed by atoms with van der Waals surface area (Å²) in [6, 6.07) is 6.69. The molecule has 0 spiro atoms. The van der Waals surface area contributed by atoms with E-state index < -0.39 is 48.2 Å². The molecule has 0 N–H and O–H groups in total. The summed E-state index contributed by atoms with van der Waals surface area (Å²) in [6.07, 6.45) is -4.57. The molecule has 2 rings (SSSR count). The minimum atomic E-state index is -4.57. The zero-order valence-corrected chi connectivity index (χ0v) is 14.1. The zero-order chi connectivity index (χ0) is 21.1. The van der Waals surface area contributed by atoms with Crippen molar-refractivity contribution in [2.75, 3.05) is 0 Å². The van der Waals surface area contributed by atoms with Gasteiger partial charge in [-0.05, 0) is 42.3 Å². The zero-order valence-electron chi connectivity index (χ0n) is 14.1. The maximum atomic E-state index is 12.7. The number of carbonyl (C=O) groups excluding carboxylic acids is 1. The van der Waals surface area contributed by atoms with Crippen LogP contribution in [-0.2, 0) is 11.0 Å². The predicted octanol–water partition coefficient (Wildman–Crippen LogP) is 5.63. The average Bonchev–Trinajstić information content (AvgIpc) is 2.56. The molecule has 0 saturated heterocycles. The van der Waals surface area contributed by atoms with E-state index >= 15 is 0 Å². The van der Waals surface area contributed by atoms with Crippen molar-refractivity contribution >= 4 is 5.78 Å². The van der Waals surface area contributed by atoms with Crippen LogP contribution in [0.3, 0.4) is 0 Å². The Kier molecular flexibility index (Phi) is 6.52. The minimum Gasteiger partial charge on any atom is -0.431 e. The van der Waals surface area contributed by atoms with Gasteiger partial charge in [0, 0.05) is 0 Å². The summed E-state index contributed by atoms with van der Waals surface area (Å²) in [5.74, 6) is -3.03. The van der Waals surface area contributed by atoms with E-state index in [9.17, 15) is 35.5 Å². The van der Waals surface area contributed by atoms with Crippen LogP contribution in [0.25, 0.3) is 0 Å². The van der Waals surface area contributed by atoms with Crippen molar-refractivity contribution in [2.45, 2.75) is 32.2 Å². The number of hydrogen-bond acceptors (Lipinski definition) is 3. The van der Waals surface area contributed by atoms with Crippen molar-refractivity contribution in [1.82, 2.24) is 0 Å². The van der Waals surface area contributed by atoms with E-state index in [0.29, 0.717) is 0 Å². The van der Waals surface area contributed by atoms with Crippen molar-refractivity contribution < 1.29 is 45.0 Å². The van der Waals surface area contributed by atoms with Gasteiger partial charge in [0.05, 0.1) is 11.5 Å². The Bertz CT molecular complexity index is 817. The number of benzene rings is 2. The number of halogens is 7. The maximum Gasteiger partial charge on any atom is 0.416 e. The molecule has 0 aliphatic carbocycles. The molecule has 3 nitrogen and oxygen atoms in total. The molecule has 0 aliphatic rings. The van der Waals surface area contributed by atoms with Gasteiger partial charge in [-0.15, -0.1) is 0 Å². The van der Waals surface area contributed by atoms with Crippen LogP contribution < -0.4 is 9.47 Å². The van der Waals surface area contributed by atoms with Gasteiger partial charge in [-0.25, -0.2) is 0 Å². The van der Waals surface area contributed by atoms with E-state index in [1.165, 1.54) is 6.07 Å². The highest BCUT2D eigenvalue weighted by Gasteiger charge is 2.31. The third kappa shape index (κ3) is 5.37. The second-order valence-electron chi connectivity index (χ2n) is 5.63. The standard InChI is InChI=1S/C18H13F7O3/c1-9(26)15(10-2-5-12(6-3-10)18(23,24)25)11-4-7-13(27-16(19)20)14(8-11)28-17(21)22/h2-8,15-17H,1H3. The lowest BCUT2D eigenvalue weighted by Gasteiger charge is -2.18. The second kappa shape index (κ2) is 8.49. The van der Waals surface area contributed by atoms with E-state index in [4.69, 9.17) is 0 Å².